The number of hydrogen-bond donors (Lipinski definition) is 1. The SMILES string of the molecule is O=C(NC1CCCc2ccccc21)c1ccc(COc2ccc(F)cc2F)o1. The Labute approximate surface area is 161 Å². The molecule has 144 valence electrons. The second-order valence-electron chi connectivity index (χ2n) is 6.75. The number of nitrogens with one attached hydrogen (secondary N) is 1. The average Bonchev–Trinajstić information content (AvgIpc) is 3.17. The van der Waals surface area contributed by atoms with Crippen LogP contribution in [0.4, 0.5) is 8.78 Å². The summed E-state index contributed by atoms with van der Waals surface area (Å²) in [6.07, 6.45) is 2.91. The molecule has 6 heteroatoms. The van der Waals surface area contributed by atoms with Crippen molar-refractivity contribution in [2.24, 2.45) is 0 Å². The number of halogens is 2. The van der Waals surface area contributed by atoms with Gasteiger partial charge in [-0.2, -0.15) is 0 Å². The summed E-state index contributed by atoms with van der Waals surface area (Å²) in [5.74, 6) is -1.31. The number of fused-ring (bicyclic) bond motifs is 1. The van der Waals surface area contributed by atoms with Crippen molar-refractivity contribution >= 4 is 5.91 Å². The van der Waals surface area contributed by atoms with Gasteiger partial charge in [0, 0.05) is 6.07 Å². The van der Waals surface area contributed by atoms with Gasteiger partial charge in [-0.1, -0.05) is 24.3 Å². The van der Waals surface area contributed by atoms with Gasteiger partial charge >= 0.3 is 0 Å². The van der Waals surface area contributed by atoms with Crippen molar-refractivity contribution < 1.29 is 22.7 Å². The minimum Gasteiger partial charge on any atom is -0.483 e. The summed E-state index contributed by atoms with van der Waals surface area (Å²) in [4.78, 5) is 12.6. The lowest BCUT2D eigenvalue weighted by molar-refractivity contribution is 0.0900. The number of rotatable bonds is 5. The Morgan fingerprint density at radius 2 is 2.00 bits per heavy atom. The van der Waals surface area contributed by atoms with Gasteiger partial charge in [-0.15, -0.1) is 0 Å². The summed E-state index contributed by atoms with van der Waals surface area (Å²) in [6, 6.07) is 14.3. The highest BCUT2D eigenvalue weighted by Crippen LogP contribution is 2.29. The topological polar surface area (TPSA) is 51.5 Å². The van der Waals surface area contributed by atoms with Crippen LogP contribution in [0, 0.1) is 11.6 Å². The van der Waals surface area contributed by atoms with Crippen LogP contribution in [0.2, 0.25) is 0 Å². The van der Waals surface area contributed by atoms with Gasteiger partial charge in [-0.25, -0.2) is 8.78 Å². The molecule has 2 aromatic carbocycles. The van der Waals surface area contributed by atoms with Crippen LogP contribution in [-0.4, -0.2) is 5.91 Å². The largest absolute Gasteiger partial charge is 0.483 e. The second kappa shape index (κ2) is 7.84. The quantitative estimate of drug-likeness (QED) is 0.679. The van der Waals surface area contributed by atoms with E-state index in [1.807, 2.05) is 18.2 Å². The van der Waals surface area contributed by atoms with Crippen molar-refractivity contribution in [1.29, 1.82) is 0 Å². The van der Waals surface area contributed by atoms with Crippen LogP contribution in [0.25, 0.3) is 0 Å². The second-order valence-corrected chi connectivity index (χ2v) is 6.75. The molecule has 0 aliphatic heterocycles. The maximum Gasteiger partial charge on any atom is 0.287 e. The van der Waals surface area contributed by atoms with Crippen LogP contribution in [-0.2, 0) is 13.0 Å². The molecule has 4 nitrogen and oxygen atoms in total. The van der Waals surface area contributed by atoms with E-state index in [0.29, 0.717) is 5.76 Å². The number of amides is 1. The third-order valence-corrected chi connectivity index (χ3v) is 4.82. The zero-order valence-corrected chi connectivity index (χ0v) is 15.1. The molecule has 0 radical (unpaired) electrons. The van der Waals surface area contributed by atoms with Gasteiger partial charge < -0.3 is 14.5 Å². The first-order chi connectivity index (χ1) is 13.6. The summed E-state index contributed by atoms with van der Waals surface area (Å²) >= 11 is 0. The molecule has 0 bridgehead atoms. The summed E-state index contributed by atoms with van der Waals surface area (Å²) in [7, 11) is 0. The normalized spacial score (nSPS) is 15.7. The number of benzene rings is 2. The van der Waals surface area contributed by atoms with E-state index in [4.69, 9.17) is 9.15 Å². The number of aryl methyl sites for hydroxylation is 1. The highest BCUT2D eigenvalue weighted by molar-refractivity contribution is 5.91. The highest BCUT2D eigenvalue weighted by atomic mass is 19.1. The van der Waals surface area contributed by atoms with Crippen molar-refractivity contribution in [2.75, 3.05) is 0 Å². The van der Waals surface area contributed by atoms with Crippen molar-refractivity contribution in [3.63, 3.8) is 0 Å². The average molecular weight is 383 g/mol. The molecule has 1 atom stereocenters. The number of hydrogen-bond acceptors (Lipinski definition) is 3. The molecule has 1 aromatic heterocycles. The van der Waals surface area contributed by atoms with Gasteiger partial charge in [0.05, 0.1) is 6.04 Å². The van der Waals surface area contributed by atoms with E-state index < -0.39 is 11.6 Å². The fraction of sp³-hybridized carbons (Fsp3) is 0.227. The molecule has 1 heterocycles. The van der Waals surface area contributed by atoms with Gasteiger partial charge in [0.2, 0.25) is 0 Å². The molecule has 0 fully saturated rings. The van der Waals surface area contributed by atoms with Gasteiger partial charge in [-0.05, 0) is 54.7 Å². The lowest BCUT2D eigenvalue weighted by Crippen LogP contribution is -2.30. The van der Waals surface area contributed by atoms with Gasteiger partial charge in [-0.3, -0.25) is 4.79 Å². The molecule has 28 heavy (non-hydrogen) atoms. The molecular formula is C22H19F2NO3. The van der Waals surface area contributed by atoms with Gasteiger partial charge in [0.1, 0.15) is 18.2 Å². The zero-order chi connectivity index (χ0) is 19.5. The number of furan rings is 1. The summed E-state index contributed by atoms with van der Waals surface area (Å²) in [5, 5.41) is 3.02. The molecule has 1 aliphatic carbocycles. The Morgan fingerprint density at radius 3 is 2.86 bits per heavy atom. The van der Waals surface area contributed by atoms with Crippen molar-refractivity contribution in [2.45, 2.75) is 31.9 Å². The first kappa shape index (κ1) is 18.2. The Bertz CT molecular complexity index is 999. The Kier molecular flexibility index (Phi) is 5.10. The summed E-state index contributed by atoms with van der Waals surface area (Å²) < 4.78 is 37.4. The van der Waals surface area contributed by atoms with Crippen LogP contribution in [0.3, 0.4) is 0 Å². The lowest BCUT2D eigenvalue weighted by atomic mass is 9.88. The van der Waals surface area contributed by atoms with Crippen LogP contribution >= 0.6 is 0 Å². The first-order valence-corrected chi connectivity index (χ1v) is 9.15. The summed E-state index contributed by atoms with van der Waals surface area (Å²) in [6.45, 7) is -0.0674. The van der Waals surface area contributed by atoms with Crippen molar-refractivity contribution in [3.8, 4) is 5.75 Å². The monoisotopic (exact) mass is 383 g/mol. The van der Waals surface area contributed by atoms with Gasteiger partial charge in [0.15, 0.2) is 17.3 Å². The molecule has 4 rings (SSSR count). The highest BCUT2D eigenvalue weighted by Gasteiger charge is 2.23. The number of ether oxygens (including phenoxy) is 1. The minimum atomic E-state index is -0.791. The van der Waals surface area contributed by atoms with Crippen LogP contribution in [0.15, 0.2) is 59.0 Å². The molecule has 0 saturated heterocycles. The van der Waals surface area contributed by atoms with Crippen LogP contribution < -0.4 is 10.1 Å². The van der Waals surface area contributed by atoms with E-state index in [9.17, 15) is 13.6 Å². The molecule has 1 N–H and O–H groups in total. The molecule has 1 unspecified atom stereocenters. The van der Waals surface area contributed by atoms with Crippen LogP contribution in [0.1, 0.15) is 46.3 Å². The van der Waals surface area contributed by atoms with E-state index in [-0.39, 0.29) is 30.1 Å². The molecular weight excluding hydrogens is 364 g/mol. The first-order valence-electron chi connectivity index (χ1n) is 9.15. The van der Waals surface area contributed by atoms with E-state index in [1.165, 1.54) is 11.6 Å². The summed E-state index contributed by atoms with van der Waals surface area (Å²) in [5.41, 5.74) is 2.40. The standard InChI is InChI=1S/C22H19F2NO3/c23-15-8-10-20(18(24)12-15)27-13-16-9-11-21(28-16)22(26)25-19-7-3-5-14-4-1-2-6-17(14)19/h1-2,4,6,8-12,19H,3,5,7,13H2,(H,25,26). The fourth-order valence-corrected chi connectivity index (χ4v) is 3.45. The molecule has 1 aliphatic rings. The Hall–Kier alpha value is -3.15. The predicted molar refractivity (Wildman–Crippen MR) is 99.0 cm³/mol. The lowest BCUT2D eigenvalue weighted by Gasteiger charge is -2.25. The van der Waals surface area contributed by atoms with Crippen molar-refractivity contribution in [3.05, 3.63) is 88.9 Å². The third kappa shape index (κ3) is 3.91. The molecule has 1 amide bonds. The minimum absolute atomic E-state index is 0.0458. The molecule has 3 aromatic rings. The van der Waals surface area contributed by atoms with Crippen LogP contribution in [0.5, 0.6) is 5.75 Å². The number of carbonyl (C=O) groups is 1. The van der Waals surface area contributed by atoms with E-state index in [0.717, 1.165) is 37.0 Å². The maximum absolute atomic E-state index is 13.6. The molecule has 0 spiro atoms. The Morgan fingerprint density at radius 1 is 1.14 bits per heavy atom. The van der Waals surface area contributed by atoms with Crippen molar-refractivity contribution in [1.82, 2.24) is 5.32 Å². The fourth-order valence-electron chi connectivity index (χ4n) is 3.45. The van der Waals surface area contributed by atoms with E-state index >= 15 is 0 Å². The van der Waals surface area contributed by atoms with E-state index in [2.05, 4.69) is 11.4 Å². The number of carbonyl (C=O) groups excluding carboxylic acids is 1. The molecule has 0 saturated carbocycles. The maximum atomic E-state index is 13.6. The zero-order valence-electron chi connectivity index (χ0n) is 15.1. The predicted octanol–water partition coefficient (Wildman–Crippen LogP) is 4.94. The van der Waals surface area contributed by atoms with E-state index in [1.54, 1.807) is 12.1 Å². The third-order valence-electron chi connectivity index (χ3n) is 4.82. The Balaban J connectivity index is 1.40. The van der Waals surface area contributed by atoms with Gasteiger partial charge in [0.25, 0.3) is 5.91 Å². The smallest absolute Gasteiger partial charge is 0.287 e.